The Hall–Kier alpha value is -3.04. The van der Waals surface area contributed by atoms with Crippen LogP contribution < -0.4 is 5.32 Å². The Labute approximate surface area is 154 Å². The van der Waals surface area contributed by atoms with Crippen molar-refractivity contribution in [3.63, 3.8) is 0 Å². The summed E-state index contributed by atoms with van der Waals surface area (Å²) in [6.45, 7) is -0.549. The first kappa shape index (κ1) is 16.4. The zero-order chi connectivity index (χ0) is 18.3. The van der Waals surface area contributed by atoms with Gasteiger partial charge in [-0.2, -0.15) is 0 Å². The second-order valence-electron chi connectivity index (χ2n) is 5.41. The lowest BCUT2D eigenvalue weighted by atomic mass is 10.2. The highest BCUT2D eigenvalue weighted by Crippen LogP contribution is 2.40. The topological polar surface area (TPSA) is 112 Å². The van der Waals surface area contributed by atoms with E-state index in [4.69, 9.17) is 5.11 Å². The molecular formula is C17H11N3O4S2. The van der Waals surface area contributed by atoms with Crippen LogP contribution in [0, 0.1) is 0 Å². The van der Waals surface area contributed by atoms with Crippen molar-refractivity contribution < 1.29 is 19.8 Å². The average Bonchev–Trinajstić information content (AvgIpc) is 3.24. The number of nitrogens with zero attached hydrogens (tertiary/aromatic N) is 2. The van der Waals surface area contributed by atoms with Crippen molar-refractivity contribution in [3.8, 4) is 16.3 Å². The number of fused-ring (bicyclic) bond motifs is 2. The van der Waals surface area contributed by atoms with Crippen LogP contribution in [0.1, 0.15) is 10.5 Å². The van der Waals surface area contributed by atoms with Crippen LogP contribution >= 0.6 is 22.7 Å². The molecule has 26 heavy (non-hydrogen) atoms. The van der Waals surface area contributed by atoms with Gasteiger partial charge in [0.2, 0.25) is 0 Å². The highest BCUT2D eigenvalue weighted by Gasteiger charge is 2.20. The summed E-state index contributed by atoms with van der Waals surface area (Å²) in [7, 11) is 0. The molecule has 4 aromatic rings. The first-order valence-electron chi connectivity index (χ1n) is 7.49. The molecule has 130 valence electrons. The van der Waals surface area contributed by atoms with Crippen LogP contribution in [0.2, 0.25) is 0 Å². The van der Waals surface area contributed by atoms with Crippen molar-refractivity contribution in [2.75, 3.05) is 6.54 Å². The van der Waals surface area contributed by atoms with Gasteiger partial charge in [0, 0.05) is 21.0 Å². The molecule has 3 heterocycles. The number of pyridine rings is 1. The lowest BCUT2D eigenvalue weighted by molar-refractivity contribution is -0.135. The number of aliphatic carboxylic acids is 1. The molecule has 0 atom stereocenters. The van der Waals surface area contributed by atoms with Gasteiger partial charge in [0.1, 0.15) is 21.8 Å². The molecule has 0 aliphatic carbocycles. The number of thiazole rings is 1. The minimum atomic E-state index is -1.18. The van der Waals surface area contributed by atoms with Gasteiger partial charge in [0.05, 0.1) is 6.20 Å². The number of carboxylic acid groups (broad SMARTS) is 1. The zero-order valence-electron chi connectivity index (χ0n) is 13.1. The van der Waals surface area contributed by atoms with Gasteiger partial charge in [0.25, 0.3) is 5.91 Å². The molecule has 0 saturated heterocycles. The van der Waals surface area contributed by atoms with Crippen molar-refractivity contribution in [1.82, 2.24) is 15.3 Å². The molecule has 0 unspecified atom stereocenters. The molecule has 1 amide bonds. The number of thiophene rings is 1. The predicted molar refractivity (Wildman–Crippen MR) is 99.9 cm³/mol. The van der Waals surface area contributed by atoms with Crippen LogP contribution in [0.3, 0.4) is 0 Å². The quantitative estimate of drug-likeness (QED) is 0.498. The Balaban J connectivity index is 1.77. The normalized spacial score (nSPS) is 11.1. The van der Waals surface area contributed by atoms with Crippen LogP contribution in [0.25, 0.3) is 30.9 Å². The van der Waals surface area contributed by atoms with Gasteiger partial charge in [-0.3, -0.25) is 9.59 Å². The summed E-state index contributed by atoms with van der Waals surface area (Å²) in [5.41, 5.74) is 1.22. The third kappa shape index (κ3) is 2.76. The molecule has 9 heteroatoms. The Bertz CT molecular complexity index is 1170. The van der Waals surface area contributed by atoms with Gasteiger partial charge >= 0.3 is 5.97 Å². The fourth-order valence-electron chi connectivity index (χ4n) is 2.55. The van der Waals surface area contributed by atoms with E-state index in [0.717, 1.165) is 20.7 Å². The molecule has 0 bridgehead atoms. The maximum absolute atomic E-state index is 12.0. The number of carbonyl (C=O) groups is 2. The zero-order valence-corrected chi connectivity index (χ0v) is 14.7. The van der Waals surface area contributed by atoms with E-state index in [0.29, 0.717) is 10.2 Å². The standard InChI is InChI=1S/C17H11N3O4S2/c21-12(22)6-19-16(24)13-14(23)15-10(5-18-13)20-17(26-15)9-7-25-11-4-2-1-3-8(9)11/h1-5,7,23H,6H2,(H,19,24)(H,21,22). The van der Waals surface area contributed by atoms with Crippen LogP contribution in [0.4, 0.5) is 0 Å². The molecule has 0 fully saturated rings. The average molecular weight is 385 g/mol. The van der Waals surface area contributed by atoms with Crippen LogP contribution in [-0.2, 0) is 4.79 Å². The molecule has 1 aromatic carbocycles. The van der Waals surface area contributed by atoms with Crippen molar-refractivity contribution in [1.29, 1.82) is 0 Å². The van der Waals surface area contributed by atoms with Gasteiger partial charge < -0.3 is 15.5 Å². The highest BCUT2D eigenvalue weighted by molar-refractivity contribution is 7.23. The van der Waals surface area contributed by atoms with Crippen molar-refractivity contribution in [2.45, 2.75) is 0 Å². The van der Waals surface area contributed by atoms with Crippen molar-refractivity contribution >= 4 is 54.9 Å². The number of rotatable bonds is 4. The first-order chi connectivity index (χ1) is 12.5. The maximum Gasteiger partial charge on any atom is 0.322 e. The summed E-state index contributed by atoms with van der Waals surface area (Å²) in [6, 6.07) is 7.96. The van der Waals surface area contributed by atoms with E-state index in [1.807, 2.05) is 29.6 Å². The van der Waals surface area contributed by atoms with Crippen LogP contribution in [0.5, 0.6) is 5.75 Å². The monoisotopic (exact) mass is 385 g/mol. The fourth-order valence-corrected chi connectivity index (χ4v) is 4.58. The molecule has 0 radical (unpaired) electrons. The highest BCUT2D eigenvalue weighted by atomic mass is 32.1. The van der Waals surface area contributed by atoms with E-state index in [9.17, 15) is 14.7 Å². The molecule has 0 saturated carbocycles. The number of carbonyl (C=O) groups excluding carboxylic acids is 1. The van der Waals surface area contributed by atoms with Gasteiger partial charge in [0.15, 0.2) is 11.4 Å². The number of benzene rings is 1. The number of aromatic nitrogens is 2. The summed E-state index contributed by atoms with van der Waals surface area (Å²) in [6.07, 6.45) is 1.40. The number of aromatic hydroxyl groups is 1. The van der Waals surface area contributed by atoms with E-state index < -0.39 is 18.4 Å². The number of nitrogens with one attached hydrogen (secondary N) is 1. The maximum atomic E-state index is 12.0. The summed E-state index contributed by atoms with van der Waals surface area (Å²) in [5.74, 6) is -2.22. The van der Waals surface area contributed by atoms with E-state index in [2.05, 4.69) is 15.3 Å². The summed E-state index contributed by atoms with van der Waals surface area (Å²) >= 11 is 2.87. The Morgan fingerprint density at radius 3 is 2.85 bits per heavy atom. The third-order valence-electron chi connectivity index (χ3n) is 3.74. The number of amides is 1. The van der Waals surface area contributed by atoms with Gasteiger partial charge in [-0.05, 0) is 6.07 Å². The Kier molecular flexibility index (Phi) is 4.02. The lowest BCUT2D eigenvalue weighted by Crippen LogP contribution is -2.29. The van der Waals surface area contributed by atoms with E-state index in [1.165, 1.54) is 17.5 Å². The minimum absolute atomic E-state index is 0.218. The molecule has 4 rings (SSSR count). The largest absolute Gasteiger partial charge is 0.504 e. The second kappa shape index (κ2) is 6.36. The molecule has 7 nitrogen and oxygen atoms in total. The third-order valence-corrected chi connectivity index (χ3v) is 5.81. The number of hydrogen-bond acceptors (Lipinski definition) is 7. The van der Waals surface area contributed by atoms with Crippen molar-refractivity contribution in [2.24, 2.45) is 0 Å². The summed E-state index contributed by atoms with van der Waals surface area (Å²) in [4.78, 5) is 31.0. The van der Waals surface area contributed by atoms with E-state index in [-0.39, 0.29) is 11.4 Å². The van der Waals surface area contributed by atoms with Crippen molar-refractivity contribution in [3.05, 3.63) is 41.5 Å². The smallest absolute Gasteiger partial charge is 0.322 e. The molecule has 0 aliphatic heterocycles. The first-order valence-corrected chi connectivity index (χ1v) is 9.19. The Morgan fingerprint density at radius 1 is 1.23 bits per heavy atom. The Morgan fingerprint density at radius 2 is 2.04 bits per heavy atom. The predicted octanol–water partition coefficient (Wildman–Crippen LogP) is 3.09. The number of hydrogen-bond donors (Lipinski definition) is 3. The van der Waals surface area contributed by atoms with Gasteiger partial charge in [-0.15, -0.1) is 22.7 Å². The van der Waals surface area contributed by atoms with Crippen LogP contribution in [-0.4, -0.2) is 38.6 Å². The lowest BCUT2D eigenvalue weighted by Gasteiger charge is -2.03. The molecule has 3 aromatic heterocycles. The number of carboxylic acids is 1. The molecule has 0 aliphatic rings. The molecule has 3 N–H and O–H groups in total. The molecule has 0 spiro atoms. The fraction of sp³-hybridized carbons (Fsp3) is 0.0588. The van der Waals surface area contributed by atoms with Crippen LogP contribution in [0.15, 0.2) is 35.8 Å². The van der Waals surface area contributed by atoms with E-state index in [1.54, 1.807) is 11.3 Å². The summed E-state index contributed by atoms with van der Waals surface area (Å²) < 4.78 is 1.57. The van der Waals surface area contributed by atoms with Gasteiger partial charge in [-0.25, -0.2) is 9.97 Å². The minimum Gasteiger partial charge on any atom is -0.504 e. The molecular weight excluding hydrogens is 374 g/mol. The summed E-state index contributed by atoms with van der Waals surface area (Å²) in [5, 5.41) is 25.0. The SMILES string of the molecule is O=C(O)CNC(=O)c1ncc2nc(-c3csc4ccccc34)sc2c1O. The van der Waals surface area contributed by atoms with E-state index >= 15 is 0 Å². The van der Waals surface area contributed by atoms with Gasteiger partial charge in [-0.1, -0.05) is 18.2 Å². The second-order valence-corrected chi connectivity index (χ2v) is 7.32.